The first-order valence-electron chi connectivity index (χ1n) is 34.9. The molecule has 3 aromatic heterocycles. The summed E-state index contributed by atoms with van der Waals surface area (Å²) in [4.78, 5) is 48.4. The fourth-order valence-corrected chi connectivity index (χ4v) is 12.8. The zero-order valence-corrected chi connectivity index (χ0v) is 58.2. The van der Waals surface area contributed by atoms with Crippen molar-refractivity contribution >= 4 is 66.9 Å². The van der Waals surface area contributed by atoms with Crippen molar-refractivity contribution in [2.45, 2.75) is 55.4 Å². The van der Waals surface area contributed by atoms with Crippen LogP contribution >= 0.6 is 0 Å². The van der Waals surface area contributed by atoms with Crippen molar-refractivity contribution in [3.63, 3.8) is 0 Å². The minimum absolute atomic E-state index is 0.283. The number of ether oxygens (including phenoxy) is 8. The van der Waals surface area contributed by atoms with Crippen LogP contribution in [-0.4, -0.2) is 145 Å². The van der Waals surface area contributed by atoms with Crippen LogP contribution in [0.15, 0.2) is 170 Å². The van der Waals surface area contributed by atoms with Gasteiger partial charge < -0.3 is 67.5 Å². The Hall–Kier alpha value is -11.3. The molecule has 0 spiro atoms. The number of anilines is 4. The lowest BCUT2D eigenvalue weighted by atomic mass is 10.1. The molecular formula is C80H86N12O8. The summed E-state index contributed by atoms with van der Waals surface area (Å²) in [5.74, 6) is 7.21. The Morgan fingerprint density at radius 1 is 0.240 bits per heavy atom. The van der Waals surface area contributed by atoms with Crippen LogP contribution in [0.25, 0.3) is 89.7 Å². The van der Waals surface area contributed by atoms with E-state index in [1.165, 1.54) is 0 Å². The number of aromatic nitrogens is 8. The Kier molecular flexibility index (Phi) is 21.2. The maximum atomic E-state index is 6.46. The first-order chi connectivity index (χ1) is 49.1. The van der Waals surface area contributed by atoms with Crippen LogP contribution in [0.2, 0.25) is 0 Å². The van der Waals surface area contributed by atoms with Gasteiger partial charge in [0.25, 0.3) is 0 Å². The first kappa shape index (κ1) is 67.3. The number of fused-ring (bicyclic) bond motifs is 20. The van der Waals surface area contributed by atoms with Crippen LogP contribution in [0.4, 0.5) is 22.7 Å². The molecule has 0 radical (unpaired) electrons. The zero-order valence-electron chi connectivity index (χ0n) is 58.2. The number of hydrogen-bond donors (Lipinski definition) is 2. The van der Waals surface area contributed by atoms with Gasteiger partial charge in [-0.15, -0.1) is 0 Å². The Balaban J connectivity index is 0.887. The third-order valence-corrected chi connectivity index (χ3v) is 18.0. The maximum absolute atomic E-state index is 6.46. The van der Waals surface area contributed by atoms with Gasteiger partial charge >= 0.3 is 0 Å². The number of hydrogen-bond acceptors (Lipinski definition) is 18. The number of nitrogens with one attached hydrogen (secondary N) is 2. The molecule has 5 heterocycles. The minimum atomic E-state index is 0.283. The molecule has 0 aliphatic carbocycles. The second-order valence-corrected chi connectivity index (χ2v) is 23.9. The summed E-state index contributed by atoms with van der Waals surface area (Å²) < 4.78 is 50.8. The van der Waals surface area contributed by atoms with E-state index in [0.717, 1.165) is 136 Å². The maximum Gasteiger partial charge on any atom is 0.164 e. The van der Waals surface area contributed by atoms with Crippen LogP contribution < -0.4 is 57.5 Å². The third kappa shape index (κ3) is 15.2. The average Bonchev–Trinajstić information content (AvgIpc) is 1.60. The molecule has 2 aliphatic rings. The Bertz CT molecular complexity index is 4830. The molecule has 0 amide bonds. The monoisotopic (exact) mass is 1340 g/mol. The van der Waals surface area contributed by atoms with Crippen molar-refractivity contribution < 1.29 is 37.9 Å². The van der Waals surface area contributed by atoms with Gasteiger partial charge in [0.05, 0.1) is 0 Å². The standard InChI is InChI=1S/C80H86N12O8/c1-9-89(10-2)53-21-17-25-57(45-53)93-37-41-97-61-29-33-65-69(49-61)77-82-73(65)81-74-66-34-30-63(99-43-39-95-59-27-19-23-55(47-59)91(13-5)14-6)51-71(66)79(83-74)88-80-72-52-64(100-44-40-96-60-28-20-24-56(48-60)92(15-7)16-8)32-36-68(72)76(87-80)86-78-70-50-62(31-35-67(70)75(84-77)85-78)98-42-38-94-58-26-18-22-54(46-58)90(11-3)12-4/h17-36,45-52H,9-16,37-44H2,1-8H3,(H2,81,82,83,84,85,86,87,88). The van der Waals surface area contributed by atoms with Crippen LogP contribution in [0.3, 0.4) is 0 Å². The largest absolute Gasteiger partial charge is 0.490 e. The predicted molar refractivity (Wildman–Crippen MR) is 400 cm³/mol. The first-order valence-corrected chi connectivity index (χ1v) is 34.9. The van der Waals surface area contributed by atoms with Crippen molar-refractivity contribution in [2.24, 2.45) is 0 Å². The fraction of sp³-hybridized carbons (Fsp3) is 0.300. The molecule has 100 heavy (non-hydrogen) atoms. The van der Waals surface area contributed by atoms with Crippen molar-refractivity contribution in [1.82, 2.24) is 39.9 Å². The lowest BCUT2D eigenvalue weighted by Crippen LogP contribution is -2.21. The molecule has 20 nitrogen and oxygen atoms in total. The zero-order chi connectivity index (χ0) is 68.9. The van der Waals surface area contributed by atoms with Gasteiger partial charge in [-0.2, -0.15) is 0 Å². The second-order valence-electron chi connectivity index (χ2n) is 23.9. The predicted octanol–water partition coefficient (Wildman–Crippen LogP) is 16.1. The Morgan fingerprint density at radius 2 is 0.480 bits per heavy atom. The molecule has 0 atom stereocenters. The molecule has 514 valence electrons. The summed E-state index contributed by atoms with van der Waals surface area (Å²) in [5.41, 5.74) is 9.37. The summed E-state index contributed by atoms with van der Waals surface area (Å²) in [5, 5.41) is 3.03. The minimum Gasteiger partial charge on any atom is -0.490 e. The SMILES string of the molecule is CCN(CC)c1cccc(OCCOc2ccc3c(c2)-c2nc-3nc3[nH]c(nc4nc(nc5[nH]c(n2)c2ccc(OCCOc6cccc(N(CC)CC)c6)cc52)-c2ccc(OCCOc5cccc(N(CC)CC)c5)cc2-4)c2cc(OCCOc4cccc(N(CC)CC)c4)ccc32)c1. The van der Waals surface area contributed by atoms with E-state index in [-0.39, 0.29) is 26.4 Å². The van der Waals surface area contributed by atoms with Crippen molar-refractivity contribution in [1.29, 1.82) is 0 Å². The van der Waals surface area contributed by atoms with Gasteiger partial charge in [-0.3, -0.25) is 0 Å². The van der Waals surface area contributed by atoms with Gasteiger partial charge in [-0.05, 0) is 177 Å². The molecule has 11 aromatic rings. The normalized spacial score (nSPS) is 11.4. The van der Waals surface area contributed by atoms with Crippen molar-refractivity contribution in [3.8, 4) is 91.5 Å². The van der Waals surface area contributed by atoms with Gasteiger partial charge in [-0.25, -0.2) is 29.9 Å². The summed E-state index contributed by atoms with van der Waals surface area (Å²) in [6.45, 7) is 26.8. The lowest BCUT2D eigenvalue weighted by Gasteiger charge is -2.21. The molecule has 8 bridgehead atoms. The molecule has 8 aromatic carbocycles. The molecule has 0 saturated heterocycles. The van der Waals surface area contributed by atoms with Gasteiger partial charge in [0.1, 0.15) is 121 Å². The second kappa shape index (κ2) is 31.5. The Morgan fingerprint density at radius 3 is 0.760 bits per heavy atom. The molecule has 20 heteroatoms. The van der Waals surface area contributed by atoms with Crippen molar-refractivity contribution in [3.05, 3.63) is 170 Å². The van der Waals surface area contributed by atoms with E-state index in [9.17, 15) is 0 Å². The number of H-pyrrole nitrogens is 2. The van der Waals surface area contributed by atoms with E-state index >= 15 is 0 Å². The fourth-order valence-electron chi connectivity index (χ4n) is 12.8. The van der Waals surface area contributed by atoms with Gasteiger partial charge in [0.15, 0.2) is 23.3 Å². The lowest BCUT2D eigenvalue weighted by molar-refractivity contribution is 0.217. The molecule has 2 aliphatic heterocycles. The third-order valence-electron chi connectivity index (χ3n) is 18.0. The summed E-state index contributed by atoms with van der Waals surface area (Å²) >= 11 is 0. The summed E-state index contributed by atoms with van der Waals surface area (Å²) in [6.07, 6.45) is 0. The van der Waals surface area contributed by atoms with E-state index in [1.54, 1.807) is 0 Å². The van der Waals surface area contributed by atoms with E-state index in [1.807, 2.05) is 121 Å². The van der Waals surface area contributed by atoms with Gasteiger partial charge in [0, 0.05) is 143 Å². The van der Waals surface area contributed by atoms with Crippen LogP contribution in [0.1, 0.15) is 55.4 Å². The highest BCUT2D eigenvalue weighted by molar-refractivity contribution is 6.07. The number of benzene rings is 8. The molecule has 0 unspecified atom stereocenters. The van der Waals surface area contributed by atoms with E-state index in [2.05, 4.69) is 133 Å². The smallest absolute Gasteiger partial charge is 0.164 e. The van der Waals surface area contributed by atoms with Crippen molar-refractivity contribution in [2.75, 3.05) is 125 Å². The molecular weight excluding hydrogens is 1260 g/mol. The van der Waals surface area contributed by atoms with Gasteiger partial charge in [-0.1, -0.05) is 24.3 Å². The van der Waals surface area contributed by atoms with Crippen LogP contribution in [-0.2, 0) is 0 Å². The highest BCUT2D eigenvalue weighted by Gasteiger charge is 2.25. The molecule has 0 saturated carbocycles. The quantitative estimate of drug-likeness (QED) is 0.0377. The topological polar surface area (TPSA) is 196 Å². The number of nitrogens with zero attached hydrogens (tertiary/aromatic N) is 10. The van der Waals surface area contributed by atoms with Crippen LogP contribution in [0.5, 0.6) is 46.0 Å². The van der Waals surface area contributed by atoms with E-state index in [0.29, 0.717) is 101 Å². The van der Waals surface area contributed by atoms with Gasteiger partial charge in [0.2, 0.25) is 0 Å². The number of aromatic amines is 2. The highest BCUT2D eigenvalue weighted by Crippen LogP contribution is 2.41. The summed E-state index contributed by atoms with van der Waals surface area (Å²) in [6, 6.07) is 56.1. The Labute approximate surface area is 583 Å². The van der Waals surface area contributed by atoms with E-state index < -0.39 is 0 Å². The number of rotatable bonds is 32. The molecule has 13 rings (SSSR count). The van der Waals surface area contributed by atoms with Crippen LogP contribution in [0, 0.1) is 0 Å². The average molecular weight is 1340 g/mol. The molecule has 2 N–H and O–H groups in total. The molecule has 0 fully saturated rings. The summed E-state index contributed by atoms with van der Waals surface area (Å²) in [7, 11) is 0. The highest BCUT2D eigenvalue weighted by atomic mass is 16.5. The van der Waals surface area contributed by atoms with E-state index in [4.69, 9.17) is 67.8 Å².